The average molecular weight is 204 g/mol. The van der Waals surface area contributed by atoms with Crippen molar-refractivity contribution in [1.29, 1.82) is 0 Å². The van der Waals surface area contributed by atoms with Gasteiger partial charge in [0, 0.05) is 20.1 Å². The Bertz CT molecular complexity index is 262. The minimum Gasteiger partial charge on any atom is -0.381 e. The Morgan fingerprint density at radius 2 is 2.08 bits per heavy atom. The number of ether oxygens (including phenoxy) is 1. The number of rotatable bonds is 5. The van der Waals surface area contributed by atoms with Crippen LogP contribution >= 0.6 is 11.6 Å². The fraction of sp³-hybridized carbons (Fsp3) is 0.750. The summed E-state index contributed by atoms with van der Waals surface area (Å²) in [5, 5.41) is 7.95. The van der Waals surface area contributed by atoms with Crippen LogP contribution in [-0.2, 0) is 24.1 Å². The Balaban J connectivity index is 2.51. The van der Waals surface area contributed by atoms with E-state index in [0.29, 0.717) is 12.5 Å². The first kappa shape index (κ1) is 10.5. The minimum absolute atomic E-state index is 0.401. The second-order valence-electron chi connectivity index (χ2n) is 2.67. The first-order chi connectivity index (χ1) is 6.29. The quantitative estimate of drug-likeness (QED) is 0.532. The van der Waals surface area contributed by atoms with Gasteiger partial charge in [0.2, 0.25) is 0 Å². The van der Waals surface area contributed by atoms with Gasteiger partial charge in [-0.1, -0.05) is 0 Å². The van der Waals surface area contributed by atoms with Crippen LogP contribution in [0, 0.1) is 0 Å². The lowest BCUT2D eigenvalue weighted by atomic mass is 10.4. The van der Waals surface area contributed by atoms with Crippen molar-refractivity contribution in [3.8, 4) is 0 Å². The molecule has 13 heavy (non-hydrogen) atoms. The van der Waals surface area contributed by atoms with Crippen LogP contribution in [0.15, 0.2) is 0 Å². The van der Waals surface area contributed by atoms with Crippen molar-refractivity contribution in [3.05, 3.63) is 11.6 Å². The van der Waals surface area contributed by atoms with Gasteiger partial charge in [0.15, 0.2) is 0 Å². The molecule has 0 aromatic carbocycles. The molecule has 0 radical (unpaired) electrons. The monoisotopic (exact) mass is 203 g/mol. The molecule has 5 heteroatoms. The van der Waals surface area contributed by atoms with E-state index in [1.54, 1.807) is 0 Å². The molecule has 0 aliphatic rings. The molecule has 0 fully saturated rings. The minimum atomic E-state index is 0.401. The van der Waals surface area contributed by atoms with Gasteiger partial charge >= 0.3 is 0 Å². The lowest BCUT2D eigenvalue weighted by Gasteiger charge is -2.01. The van der Waals surface area contributed by atoms with E-state index >= 15 is 0 Å². The summed E-state index contributed by atoms with van der Waals surface area (Å²) in [6.07, 6.45) is 0.786. The summed E-state index contributed by atoms with van der Waals surface area (Å²) in [6.45, 7) is 3.39. The molecular weight excluding hydrogens is 190 g/mol. The van der Waals surface area contributed by atoms with Crippen LogP contribution in [-0.4, -0.2) is 28.0 Å². The molecule has 0 saturated carbocycles. The van der Waals surface area contributed by atoms with E-state index in [0.717, 1.165) is 24.7 Å². The predicted octanol–water partition coefficient (Wildman–Crippen LogP) is 1.13. The summed E-state index contributed by atoms with van der Waals surface area (Å²) in [5.41, 5.74) is 0. The van der Waals surface area contributed by atoms with Crippen molar-refractivity contribution in [3.63, 3.8) is 0 Å². The van der Waals surface area contributed by atoms with Crippen molar-refractivity contribution in [2.75, 3.05) is 13.2 Å². The summed E-state index contributed by atoms with van der Waals surface area (Å²) >= 11 is 5.65. The highest BCUT2D eigenvalue weighted by atomic mass is 35.5. The van der Waals surface area contributed by atoms with E-state index in [4.69, 9.17) is 16.3 Å². The third-order valence-electron chi connectivity index (χ3n) is 1.85. The van der Waals surface area contributed by atoms with E-state index in [1.165, 1.54) is 0 Å². The molecule has 0 N–H and O–H groups in total. The maximum Gasteiger partial charge on any atom is 0.147 e. The van der Waals surface area contributed by atoms with Gasteiger partial charge in [0.05, 0.1) is 12.5 Å². The Hall–Kier alpha value is -0.610. The molecule has 74 valence electrons. The second kappa shape index (κ2) is 5.19. The topological polar surface area (TPSA) is 39.9 Å². The van der Waals surface area contributed by atoms with Crippen molar-refractivity contribution in [2.45, 2.75) is 19.2 Å². The van der Waals surface area contributed by atoms with E-state index in [1.807, 2.05) is 18.5 Å². The Kier molecular flexibility index (Phi) is 4.18. The van der Waals surface area contributed by atoms with Gasteiger partial charge in [-0.2, -0.15) is 0 Å². The molecule has 4 nitrogen and oxygen atoms in total. The van der Waals surface area contributed by atoms with Gasteiger partial charge in [0.25, 0.3) is 0 Å². The number of hydrogen-bond acceptors (Lipinski definition) is 3. The van der Waals surface area contributed by atoms with Crippen molar-refractivity contribution >= 4 is 11.6 Å². The van der Waals surface area contributed by atoms with Crippen molar-refractivity contribution in [2.24, 2.45) is 7.05 Å². The molecule has 1 aromatic rings. The van der Waals surface area contributed by atoms with Gasteiger partial charge in [-0.3, -0.25) is 0 Å². The van der Waals surface area contributed by atoms with Crippen LogP contribution in [0.1, 0.15) is 18.6 Å². The molecule has 0 saturated heterocycles. The molecule has 1 rings (SSSR count). The van der Waals surface area contributed by atoms with Gasteiger partial charge in [-0.25, -0.2) is 0 Å². The van der Waals surface area contributed by atoms with Crippen LogP contribution in [0.5, 0.6) is 0 Å². The Morgan fingerprint density at radius 1 is 1.38 bits per heavy atom. The fourth-order valence-corrected chi connectivity index (χ4v) is 1.27. The summed E-state index contributed by atoms with van der Waals surface area (Å²) in [7, 11) is 1.92. The van der Waals surface area contributed by atoms with Gasteiger partial charge in [-0.15, -0.1) is 21.8 Å². The fourth-order valence-electron chi connectivity index (χ4n) is 1.04. The lowest BCUT2D eigenvalue weighted by Crippen LogP contribution is -2.05. The van der Waals surface area contributed by atoms with E-state index < -0.39 is 0 Å². The SMILES string of the molecule is CCOCCc1nnc(CCl)n1C. The maximum atomic E-state index is 5.65. The third kappa shape index (κ3) is 2.67. The summed E-state index contributed by atoms with van der Waals surface area (Å²) in [5.74, 6) is 2.12. The van der Waals surface area contributed by atoms with Crippen LogP contribution in [0.2, 0.25) is 0 Å². The van der Waals surface area contributed by atoms with Crippen molar-refractivity contribution in [1.82, 2.24) is 14.8 Å². The molecule has 0 spiro atoms. The number of hydrogen-bond donors (Lipinski definition) is 0. The number of alkyl halides is 1. The van der Waals surface area contributed by atoms with E-state index in [-0.39, 0.29) is 0 Å². The molecule has 0 atom stereocenters. The van der Waals surface area contributed by atoms with Crippen LogP contribution in [0.3, 0.4) is 0 Å². The predicted molar refractivity (Wildman–Crippen MR) is 50.8 cm³/mol. The highest BCUT2D eigenvalue weighted by Crippen LogP contribution is 2.02. The molecule has 0 bridgehead atoms. The normalized spacial score (nSPS) is 10.7. The summed E-state index contributed by atoms with van der Waals surface area (Å²) in [4.78, 5) is 0. The molecule has 0 aliphatic carbocycles. The summed E-state index contributed by atoms with van der Waals surface area (Å²) in [6, 6.07) is 0. The van der Waals surface area contributed by atoms with Crippen molar-refractivity contribution < 1.29 is 4.74 Å². The Morgan fingerprint density at radius 3 is 2.62 bits per heavy atom. The number of aromatic nitrogens is 3. The highest BCUT2D eigenvalue weighted by Gasteiger charge is 2.06. The molecule has 1 heterocycles. The van der Waals surface area contributed by atoms with Gasteiger partial charge < -0.3 is 9.30 Å². The molecular formula is C8H14ClN3O. The molecule has 0 aliphatic heterocycles. The summed E-state index contributed by atoms with van der Waals surface area (Å²) < 4.78 is 7.13. The average Bonchev–Trinajstić information content (AvgIpc) is 2.48. The first-order valence-corrected chi connectivity index (χ1v) is 4.83. The first-order valence-electron chi connectivity index (χ1n) is 4.30. The number of halogens is 1. The number of nitrogens with zero attached hydrogens (tertiary/aromatic N) is 3. The maximum absolute atomic E-state index is 5.65. The van der Waals surface area contributed by atoms with E-state index in [9.17, 15) is 0 Å². The van der Waals surface area contributed by atoms with Crippen LogP contribution < -0.4 is 0 Å². The van der Waals surface area contributed by atoms with Crippen LogP contribution in [0.25, 0.3) is 0 Å². The smallest absolute Gasteiger partial charge is 0.147 e. The Labute approximate surface area is 82.9 Å². The zero-order chi connectivity index (χ0) is 9.68. The van der Waals surface area contributed by atoms with Crippen LogP contribution in [0.4, 0.5) is 0 Å². The third-order valence-corrected chi connectivity index (χ3v) is 2.09. The van der Waals surface area contributed by atoms with Gasteiger partial charge in [-0.05, 0) is 6.92 Å². The second-order valence-corrected chi connectivity index (χ2v) is 2.94. The van der Waals surface area contributed by atoms with Gasteiger partial charge in [0.1, 0.15) is 11.6 Å². The lowest BCUT2D eigenvalue weighted by molar-refractivity contribution is 0.149. The zero-order valence-electron chi connectivity index (χ0n) is 7.96. The molecule has 0 unspecified atom stereocenters. The largest absolute Gasteiger partial charge is 0.381 e. The molecule has 0 amide bonds. The van der Waals surface area contributed by atoms with E-state index in [2.05, 4.69) is 10.2 Å². The standard InChI is InChI=1S/C8H14ClN3O/c1-3-13-5-4-7-10-11-8(6-9)12(7)2/h3-6H2,1-2H3. The highest BCUT2D eigenvalue weighted by molar-refractivity contribution is 6.16. The molecule has 1 aromatic heterocycles. The zero-order valence-corrected chi connectivity index (χ0v) is 8.71.